The Labute approximate surface area is 118 Å². The van der Waals surface area contributed by atoms with Gasteiger partial charge in [0.25, 0.3) is 0 Å². The third-order valence-corrected chi connectivity index (χ3v) is 6.50. The molecule has 0 bridgehead atoms. The van der Waals surface area contributed by atoms with E-state index < -0.39 is 15.8 Å². The maximum absolute atomic E-state index is 13.1. The molecule has 1 saturated carbocycles. The van der Waals surface area contributed by atoms with Crippen molar-refractivity contribution in [3.63, 3.8) is 0 Å². The second-order valence-corrected chi connectivity index (χ2v) is 7.56. The number of fused-ring (bicyclic) bond motifs is 1. The summed E-state index contributed by atoms with van der Waals surface area (Å²) in [4.78, 5) is 0.0337. The highest BCUT2D eigenvalue weighted by molar-refractivity contribution is 7.89. The van der Waals surface area contributed by atoms with Gasteiger partial charge in [-0.15, -0.1) is 0 Å². The maximum Gasteiger partial charge on any atom is 0.245 e. The van der Waals surface area contributed by atoms with Crippen LogP contribution in [0.3, 0.4) is 0 Å². The van der Waals surface area contributed by atoms with Crippen LogP contribution >= 0.6 is 0 Å². The number of hydrogen-bond donors (Lipinski definition) is 1. The van der Waals surface area contributed by atoms with Gasteiger partial charge < -0.3 is 5.73 Å². The molecule has 20 heavy (non-hydrogen) atoms. The molecule has 0 radical (unpaired) electrons. The number of hydrogen-bond acceptors (Lipinski definition) is 3. The van der Waals surface area contributed by atoms with Crippen molar-refractivity contribution in [1.29, 1.82) is 0 Å². The molecule has 1 heterocycles. The van der Waals surface area contributed by atoms with E-state index in [4.69, 9.17) is 5.73 Å². The average molecular weight is 298 g/mol. The Bertz CT molecular complexity index is 618. The van der Waals surface area contributed by atoms with Gasteiger partial charge in [-0.1, -0.05) is 6.42 Å². The molecule has 0 aromatic heterocycles. The molecule has 1 aliphatic carbocycles. The van der Waals surface area contributed by atoms with Gasteiger partial charge in [0.15, 0.2) is 0 Å². The fourth-order valence-corrected chi connectivity index (χ4v) is 5.44. The van der Waals surface area contributed by atoms with Crippen molar-refractivity contribution in [3.8, 4) is 0 Å². The first-order valence-electron chi connectivity index (χ1n) is 7.07. The van der Waals surface area contributed by atoms with Crippen LogP contribution in [-0.2, 0) is 10.0 Å². The zero-order chi connectivity index (χ0) is 14.3. The summed E-state index contributed by atoms with van der Waals surface area (Å²) in [5, 5.41) is 0. The molecular formula is C14H19FN2O2S. The van der Waals surface area contributed by atoms with Crippen LogP contribution in [0.15, 0.2) is 23.1 Å². The summed E-state index contributed by atoms with van der Waals surface area (Å²) in [6.45, 7) is 0.542. The van der Waals surface area contributed by atoms with E-state index in [-0.39, 0.29) is 16.6 Å². The summed E-state index contributed by atoms with van der Waals surface area (Å²) in [5.74, 6) is -0.0426. The first-order valence-corrected chi connectivity index (χ1v) is 8.51. The number of sulfonamides is 1. The highest BCUT2D eigenvalue weighted by Crippen LogP contribution is 2.40. The van der Waals surface area contributed by atoms with Gasteiger partial charge in [-0.05, 0) is 49.8 Å². The normalized spacial score (nSPS) is 27.4. The van der Waals surface area contributed by atoms with Gasteiger partial charge in [-0.2, -0.15) is 4.31 Å². The SMILES string of the molecule is Nc1cc(F)ccc1S(=O)(=O)N1CCCC2CCCC21. The Kier molecular flexibility index (Phi) is 3.46. The minimum absolute atomic E-state index is 0.00915. The number of benzene rings is 1. The van der Waals surface area contributed by atoms with Crippen LogP contribution < -0.4 is 5.73 Å². The lowest BCUT2D eigenvalue weighted by Crippen LogP contribution is -2.46. The molecule has 0 amide bonds. The van der Waals surface area contributed by atoms with Crippen LogP contribution in [0, 0.1) is 11.7 Å². The van der Waals surface area contributed by atoms with E-state index in [0.717, 1.165) is 44.2 Å². The first kappa shape index (κ1) is 13.8. The maximum atomic E-state index is 13.1. The lowest BCUT2D eigenvalue weighted by Gasteiger charge is -2.36. The minimum atomic E-state index is -3.62. The predicted molar refractivity (Wildman–Crippen MR) is 75.1 cm³/mol. The van der Waals surface area contributed by atoms with Crippen molar-refractivity contribution in [2.75, 3.05) is 12.3 Å². The molecule has 6 heteroatoms. The van der Waals surface area contributed by atoms with Crippen LogP contribution in [0.1, 0.15) is 32.1 Å². The largest absolute Gasteiger partial charge is 0.398 e. The van der Waals surface area contributed by atoms with E-state index in [2.05, 4.69) is 0 Å². The quantitative estimate of drug-likeness (QED) is 0.853. The Morgan fingerprint density at radius 1 is 1.20 bits per heavy atom. The third-order valence-electron chi connectivity index (χ3n) is 4.50. The minimum Gasteiger partial charge on any atom is -0.398 e. The lowest BCUT2D eigenvalue weighted by molar-refractivity contribution is 0.202. The van der Waals surface area contributed by atoms with E-state index >= 15 is 0 Å². The molecule has 1 aliphatic heterocycles. The molecule has 1 aromatic carbocycles. The number of anilines is 1. The molecule has 2 aliphatic rings. The third kappa shape index (κ3) is 2.20. The Balaban J connectivity index is 1.98. The van der Waals surface area contributed by atoms with E-state index in [0.29, 0.717) is 12.5 Å². The Hall–Kier alpha value is -1.14. The topological polar surface area (TPSA) is 63.4 Å². The van der Waals surface area contributed by atoms with E-state index in [1.165, 1.54) is 6.07 Å². The molecule has 1 saturated heterocycles. The molecule has 2 atom stereocenters. The van der Waals surface area contributed by atoms with Gasteiger partial charge in [0.1, 0.15) is 10.7 Å². The fraction of sp³-hybridized carbons (Fsp3) is 0.571. The van der Waals surface area contributed by atoms with Crippen LogP contribution in [0.25, 0.3) is 0 Å². The van der Waals surface area contributed by atoms with E-state index in [9.17, 15) is 12.8 Å². The number of nitrogens with zero attached hydrogens (tertiary/aromatic N) is 1. The number of nitrogens with two attached hydrogens (primary N) is 1. The monoisotopic (exact) mass is 298 g/mol. The summed E-state index contributed by atoms with van der Waals surface area (Å²) in [6, 6.07) is 3.60. The highest BCUT2D eigenvalue weighted by Gasteiger charge is 2.41. The number of piperidine rings is 1. The second kappa shape index (κ2) is 5.00. The molecule has 1 aromatic rings. The lowest BCUT2D eigenvalue weighted by atomic mass is 9.94. The van der Waals surface area contributed by atoms with Crippen LogP contribution in [-0.4, -0.2) is 25.3 Å². The Morgan fingerprint density at radius 2 is 1.95 bits per heavy atom. The van der Waals surface area contributed by atoms with Gasteiger partial charge in [0.05, 0.1) is 5.69 Å². The van der Waals surface area contributed by atoms with E-state index in [1.807, 2.05) is 0 Å². The predicted octanol–water partition coefficient (Wildman–Crippen LogP) is 2.36. The number of halogens is 1. The zero-order valence-corrected chi connectivity index (χ0v) is 12.1. The second-order valence-electron chi connectivity index (χ2n) is 5.70. The van der Waals surface area contributed by atoms with Gasteiger partial charge >= 0.3 is 0 Å². The zero-order valence-electron chi connectivity index (χ0n) is 11.3. The summed E-state index contributed by atoms with van der Waals surface area (Å²) in [5.41, 5.74) is 5.70. The van der Waals surface area contributed by atoms with Crippen LogP contribution in [0.2, 0.25) is 0 Å². The van der Waals surface area contributed by atoms with Crippen LogP contribution in [0.5, 0.6) is 0 Å². The van der Waals surface area contributed by atoms with Gasteiger partial charge in [0.2, 0.25) is 10.0 Å². The Morgan fingerprint density at radius 3 is 2.70 bits per heavy atom. The van der Waals surface area contributed by atoms with Crippen molar-refractivity contribution in [3.05, 3.63) is 24.0 Å². The van der Waals surface area contributed by atoms with Gasteiger partial charge in [-0.3, -0.25) is 0 Å². The molecule has 3 rings (SSSR count). The molecule has 110 valence electrons. The summed E-state index contributed by atoms with van der Waals surface area (Å²) >= 11 is 0. The molecule has 2 unspecified atom stereocenters. The average Bonchev–Trinajstić information content (AvgIpc) is 2.85. The number of nitrogen functional groups attached to an aromatic ring is 1. The molecular weight excluding hydrogens is 279 g/mol. The number of rotatable bonds is 2. The summed E-state index contributed by atoms with van der Waals surface area (Å²) < 4.78 is 40.3. The summed E-state index contributed by atoms with van der Waals surface area (Å²) in [6.07, 6.45) is 5.11. The standard InChI is InChI=1S/C14H19FN2O2S/c15-11-6-7-14(12(16)9-11)20(18,19)17-8-2-4-10-3-1-5-13(10)17/h6-7,9-10,13H,1-5,8,16H2. The van der Waals surface area contributed by atoms with Gasteiger partial charge in [0, 0.05) is 12.6 Å². The summed E-state index contributed by atoms with van der Waals surface area (Å²) in [7, 11) is -3.62. The molecule has 0 spiro atoms. The van der Waals surface area contributed by atoms with Gasteiger partial charge in [-0.25, -0.2) is 12.8 Å². The first-order chi connectivity index (χ1) is 9.50. The molecule has 2 N–H and O–H groups in total. The van der Waals surface area contributed by atoms with Crippen molar-refractivity contribution in [2.45, 2.75) is 43.0 Å². The van der Waals surface area contributed by atoms with Crippen LogP contribution in [0.4, 0.5) is 10.1 Å². The fourth-order valence-electron chi connectivity index (χ4n) is 3.59. The van der Waals surface area contributed by atoms with E-state index in [1.54, 1.807) is 4.31 Å². The highest BCUT2D eigenvalue weighted by atomic mass is 32.2. The van der Waals surface area contributed by atoms with Crippen molar-refractivity contribution in [1.82, 2.24) is 4.31 Å². The molecule has 2 fully saturated rings. The van der Waals surface area contributed by atoms with Crippen molar-refractivity contribution < 1.29 is 12.8 Å². The molecule has 4 nitrogen and oxygen atoms in total. The van der Waals surface area contributed by atoms with Crippen molar-refractivity contribution >= 4 is 15.7 Å². The smallest absolute Gasteiger partial charge is 0.245 e. The van der Waals surface area contributed by atoms with Crippen molar-refractivity contribution in [2.24, 2.45) is 5.92 Å².